The molecule has 0 radical (unpaired) electrons. The maximum absolute atomic E-state index is 11.2. The van der Waals surface area contributed by atoms with Crippen molar-refractivity contribution in [3.63, 3.8) is 0 Å². The Balaban J connectivity index is 2.54. The van der Waals surface area contributed by atoms with Gasteiger partial charge >= 0.3 is 5.97 Å². The van der Waals surface area contributed by atoms with Crippen LogP contribution in [0.25, 0.3) is 0 Å². The van der Waals surface area contributed by atoms with E-state index in [1.54, 1.807) is 0 Å². The van der Waals surface area contributed by atoms with Crippen molar-refractivity contribution in [3.05, 3.63) is 0 Å². The minimum Gasteiger partial charge on any atom is -0.373 e. The van der Waals surface area contributed by atoms with Gasteiger partial charge in [-0.15, -0.1) is 0 Å². The van der Waals surface area contributed by atoms with Gasteiger partial charge in [-0.1, -0.05) is 13.8 Å². The van der Waals surface area contributed by atoms with Crippen LogP contribution in [0.15, 0.2) is 0 Å². The molecule has 4 heteroatoms. The first-order valence-electron chi connectivity index (χ1n) is 4.17. The first-order valence-corrected chi connectivity index (χ1v) is 5.22. The minimum absolute atomic E-state index is 0.00579. The van der Waals surface area contributed by atoms with Crippen LogP contribution in [0.4, 0.5) is 0 Å². The lowest BCUT2D eigenvalue weighted by Gasteiger charge is -2.29. The van der Waals surface area contributed by atoms with Crippen LogP contribution in [-0.4, -0.2) is 17.0 Å². The van der Waals surface area contributed by atoms with Gasteiger partial charge in [0, 0.05) is 5.25 Å². The van der Waals surface area contributed by atoms with E-state index in [-0.39, 0.29) is 11.9 Å². The Morgan fingerprint density at radius 1 is 1.58 bits per heavy atom. The average molecular weight is 189 g/mol. The van der Waals surface area contributed by atoms with E-state index in [0.717, 1.165) is 12.2 Å². The average Bonchev–Trinajstić information content (AvgIpc) is 2.08. The predicted octanol–water partition coefficient (Wildman–Crippen LogP) is 1.18. The van der Waals surface area contributed by atoms with Gasteiger partial charge < -0.3 is 4.84 Å². The summed E-state index contributed by atoms with van der Waals surface area (Å²) in [7, 11) is 0. The second-order valence-electron chi connectivity index (χ2n) is 3.40. The monoisotopic (exact) mass is 189 g/mol. The molecule has 1 rings (SSSR count). The summed E-state index contributed by atoms with van der Waals surface area (Å²) in [4.78, 5) is 15.4. The standard InChI is InChI=1S/C8H15NO2S/c1-5-4-12-6(2)3-7(5)8(10)11-9/h5-7H,3-4,9H2,1-2H3/t5-,6-,7+/m1/s1. The molecule has 1 aliphatic rings. The summed E-state index contributed by atoms with van der Waals surface area (Å²) in [5, 5.41) is 0.547. The van der Waals surface area contributed by atoms with Crippen molar-refractivity contribution in [2.45, 2.75) is 25.5 Å². The zero-order valence-electron chi connectivity index (χ0n) is 7.45. The molecule has 2 N–H and O–H groups in total. The van der Waals surface area contributed by atoms with Crippen molar-refractivity contribution < 1.29 is 9.63 Å². The van der Waals surface area contributed by atoms with Crippen LogP contribution in [0.2, 0.25) is 0 Å². The number of hydrogen-bond donors (Lipinski definition) is 1. The summed E-state index contributed by atoms with van der Waals surface area (Å²) >= 11 is 1.91. The number of carbonyl (C=O) groups excluding carboxylic acids is 1. The number of rotatable bonds is 1. The summed E-state index contributed by atoms with van der Waals surface area (Å²) in [5.74, 6) is 6.02. The molecule has 1 heterocycles. The molecule has 0 aromatic carbocycles. The van der Waals surface area contributed by atoms with Crippen molar-refractivity contribution in [2.24, 2.45) is 17.7 Å². The fraction of sp³-hybridized carbons (Fsp3) is 0.875. The summed E-state index contributed by atoms with van der Waals surface area (Å²) in [5.41, 5.74) is 0. The van der Waals surface area contributed by atoms with E-state index in [1.807, 2.05) is 11.8 Å². The summed E-state index contributed by atoms with van der Waals surface area (Å²) in [6.07, 6.45) is 0.891. The third-order valence-corrected chi connectivity index (χ3v) is 3.82. The van der Waals surface area contributed by atoms with Crippen molar-refractivity contribution >= 4 is 17.7 Å². The molecular formula is C8H15NO2S. The predicted molar refractivity (Wildman–Crippen MR) is 49.5 cm³/mol. The van der Waals surface area contributed by atoms with E-state index in [9.17, 15) is 4.79 Å². The van der Waals surface area contributed by atoms with Crippen molar-refractivity contribution in [3.8, 4) is 0 Å². The van der Waals surface area contributed by atoms with Crippen LogP contribution >= 0.6 is 11.8 Å². The van der Waals surface area contributed by atoms with E-state index in [1.165, 1.54) is 0 Å². The molecule has 12 heavy (non-hydrogen) atoms. The van der Waals surface area contributed by atoms with Gasteiger partial charge in [0.25, 0.3) is 0 Å². The van der Waals surface area contributed by atoms with Gasteiger partial charge in [0.2, 0.25) is 0 Å². The van der Waals surface area contributed by atoms with Crippen LogP contribution in [0.3, 0.4) is 0 Å². The number of nitrogens with two attached hydrogens (primary N) is 1. The van der Waals surface area contributed by atoms with E-state index in [0.29, 0.717) is 11.2 Å². The largest absolute Gasteiger partial charge is 0.373 e. The van der Waals surface area contributed by atoms with E-state index in [2.05, 4.69) is 18.7 Å². The lowest BCUT2D eigenvalue weighted by atomic mass is 9.91. The second-order valence-corrected chi connectivity index (χ2v) is 4.87. The highest BCUT2D eigenvalue weighted by atomic mass is 32.2. The van der Waals surface area contributed by atoms with Crippen LogP contribution in [0, 0.1) is 11.8 Å². The topological polar surface area (TPSA) is 52.3 Å². The Kier molecular flexibility index (Phi) is 3.40. The number of hydrogen-bond acceptors (Lipinski definition) is 4. The lowest BCUT2D eigenvalue weighted by molar-refractivity contribution is -0.151. The van der Waals surface area contributed by atoms with Gasteiger partial charge in [-0.05, 0) is 18.1 Å². The summed E-state index contributed by atoms with van der Waals surface area (Å²) in [6, 6.07) is 0. The van der Waals surface area contributed by atoms with E-state index in [4.69, 9.17) is 5.90 Å². The second kappa shape index (κ2) is 4.14. The lowest BCUT2D eigenvalue weighted by Crippen LogP contribution is -2.33. The van der Waals surface area contributed by atoms with Crippen LogP contribution in [0.5, 0.6) is 0 Å². The Labute approximate surface area is 77.0 Å². The molecule has 3 nitrogen and oxygen atoms in total. The molecule has 0 unspecified atom stereocenters. The van der Waals surface area contributed by atoms with Gasteiger partial charge in [0.05, 0.1) is 5.92 Å². The molecule has 0 aromatic rings. The molecule has 1 saturated heterocycles. The molecule has 0 aromatic heterocycles. The molecule has 0 amide bonds. The van der Waals surface area contributed by atoms with Crippen LogP contribution in [0.1, 0.15) is 20.3 Å². The Morgan fingerprint density at radius 2 is 2.25 bits per heavy atom. The quantitative estimate of drug-likeness (QED) is 0.629. The van der Waals surface area contributed by atoms with Gasteiger partial charge in [-0.2, -0.15) is 17.7 Å². The van der Waals surface area contributed by atoms with Crippen molar-refractivity contribution in [2.75, 3.05) is 5.75 Å². The summed E-state index contributed by atoms with van der Waals surface area (Å²) < 4.78 is 0. The number of carbonyl (C=O) groups is 1. The smallest absolute Gasteiger partial charge is 0.327 e. The third-order valence-electron chi connectivity index (χ3n) is 2.34. The van der Waals surface area contributed by atoms with E-state index >= 15 is 0 Å². The fourth-order valence-electron chi connectivity index (χ4n) is 1.51. The van der Waals surface area contributed by atoms with Crippen molar-refractivity contribution in [1.82, 2.24) is 0 Å². The molecule has 3 atom stereocenters. The van der Waals surface area contributed by atoms with Crippen molar-refractivity contribution in [1.29, 1.82) is 0 Å². The third kappa shape index (κ3) is 2.14. The summed E-state index contributed by atoms with van der Waals surface area (Å²) in [6.45, 7) is 4.20. The zero-order chi connectivity index (χ0) is 9.14. The van der Waals surface area contributed by atoms with E-state index < -0.39 is 0 Å². The molecule has 0 aliphatic carbocycles. The first-order chi connectivity index (χ1) is 5.65. The first kappa shape index (κ1) is 9.86. The molecule has 0 bridgehead atoms. The van der Waals surface area contributed by atoms with Gasteiger partial charge in [-0.3, -0.25) is 4.79 Å². The van der Waals surface area contributed by atoms with Gasteiger partial charge in [-0.25, -0.2) is 0 Å². The maximum Gasteiger partial charge on any atom is 0.327 e. The van der Waals surface area contributed by atoms with Gasteiger partial charge in [0.15, 0.2) is 0 Å². The molecule has 0 spiro atoms. The minimum atomic E-state index is -0.255. The Morgan fingerprint density at radius 3 is 2.83 bits per heavy atom. The Bertz CT molecular complexity index is 174. The molecule has 70 valence electrons. The molecule has 1 fully saturated rings. The van der Waals surface area contributed by atoms with Crippen LogP contribution < -0.4 is 5.90 Å². The number of thioether (sulfide) groups is 1. The SMILES string of the molecule is C[C@@H]1C[C@H](C(=O)ON)[C@H](C)CS1. The Hall–Kier alpha value is -0.220. The highest BCUT2D eigenvalue weighted by Gasteiger charge is 2.32. The normalized spacial score (nSPS) is 36.1. The zero-order valence-corrected chi connectivity index (χ0v) is 8.26. The highest BCUT2D eigenvalue weighted by molar-refractivity contribution is 7.99. The highest BCUT2D eigenvalue weighted by Crippen LogP contribution is 2.33. The molecule has 0 saturated carbocycles. The van der Waals surface area contributed by atoms with Gasteiger partial charge in [0.1, 0.15) is 0 Å². The molecular weight excluding hydrogens is 174 g/mol. The van der Waals surface area contributed by atoms with Crippen LogP contribution in [-0.2, 0) is 9.63 Å². The fourth-order valence-corrected chi connectivity index (χ4v) is 2.71. The molecule has 1 aliphatic heterocycles. The maximum atomic E-state index is 11.2.